The lowest BCUT2D eigenvalue weighted by Crippen LogP contribution is -2.35. The lowest BCUT2D eigenvalue weighted by atomic mass is 9.78. The molecule has 25 heavy (non-hydrogen) atoms. The van der Waals surface area contributed by atoms with E-state index in [9.17, 15) is 0 Å². The molecule has 0 bridgehead atoms. The third kappa shape index (κ3) is 5.54. The predicted molar refractivity (Wildman–Crippen MR) is 102 cm³/mol. The van der Waals surface area contributed by atoms with Gasteiger partial charge in [0.15, 0.2) is 5.82 Å². The molecule has 3 N–H and O–H groups in total. The average Bonchev–Trinajstić information content (AvgIpc) is 2.98. The fraction of sp³-hybridized carbons (Fsp3) is 0.562. The van der Waals surface area contributed by atoms with E-state index < -0.39 is 0 Å². The van der Waals surface area contributed by atoms with Gasteiger partial charge in [0.05, 0.1) is 6.20 Å². The summed E-state index contributed by atoms with van der Waals surface area (Å²) in [7, 11) is 1.65. The zero-order valence-corrected chi connectivity index (χ0v) is 16.1. The van der Waals surface area contributed by atoms with Gasteiger partial charge in [-0.3, -0.25) is 4.68 Å². The number of anilines is 1. The van der Waals surface area contributed by atoms with Gasteiger partial charge in [0, 0.05) is 55.7 Å². The van der Waals surface area contributed by atoms with Crippen LogP contribution >= 0.6 is 24.8 Å². The number of nitrogens with two attached hydrogens (primary N) is 1. The average molecular weight is 389 g/mol. The molecule has 0 spiro atoms. The maximum absolute atomic E-state index is 5.90. The van der Waals surface area contributed by atoms with Crippen LogP contribution in [0, 0.1) is 0 Å². The van der Waals surface area contributed by atoms with E-state index in [1.165, 1.54) is 0 Å². The first kappa shape index (κ1) is 21.6. The third-order valence-electron chi connectivity index (χ3n) is 4.14. The van der Waals surface area contributed by atoms with Crippen molar-refractivity contribution in [3.05, 3.63) is 35.5 Å². The summed E-state index contributed by atoms with van der Waals surface area (Å²) in [6, 6.07) is 2.33. The number of aromatic nitrogens is 4. The van der Waals surface area contributed by atoms with Crippen molar-refractivity contribution in [2.75, 3.05) is 12.4 Å². The SMILES string of the molecule is CCn1cc(CNc2cc(C3CC(N)C3)nc(COC)n2)cn1.Cl.Cl. The number of rotatable bonds is 7. The molecule has 2 heterocycles. The molecule has 2 aromatic heterocycles. The van der Waals surface area contributed by atoms with Gasteiger partial charge in [-0.05, 0) is 19.8 Å². The van der Waals surface area contributed by atoms with E-state index in [4.69, 9.17) is 10.5 Å². The molecule has 1 saturated carbocycles. The first-order chi connectivity index (χ1) is 11.2. The van der Waals surface area contributed by atoms with E-state index in [2.05, 4.69) is 27.3 Å². The monoisotopic (exact) mass is 388 g/mol. The molecule has 0 unspecified atom stereocenters. The Bertz CT molecular complexity index is 660. The van der Waals surface area contributed by atoms with Crippen molar-refractivity contribution < 1.29 is 4.74 Å². The van der Waals surface area contributed by atoms with Crippen LogP contribution in [0.4, 0.5) is 5.82 Å². The van der Waals surface area contributed by atoms with Crippen molar-refractivity contribution in [3.8, 4) is 0 Å². The molecule has 0 aromatic carbocycles. The summed E-state index contributed by atoms with van der Waals surface area (Å²) in [6.45, 7) is 4.04. The minimum absolute atomic E-state index is 0. The summed E-state index contributed by atoms with van der Waals surface area (Å²) in [6.07, 6.45) is 5.90. The van der Waals surface area contributed by atoms with E-state index in [-0.39, 0.29) is 24.8 Å². The normalized spacial score (nSPS) is 18.7. The molecule has 2 aromatic rings. The van der Waals surface area contributed by atoms with Crippen LogP contribution in [0.3, 0.4) is 0 Å². The lowest BCUT2D eigenvalue weighted by Gasteiger charge is -2.32. The Labute approximate surface area is 160 Å². The molecule has 0 aliphatic heterocycles. The smallest absolute Gasteiger partial charge is 0.156 e. The van der Waals surface area contributed by atoms with Crippen LogP contribution in [-0.4, -0.2) is 32.9 Å². The Morgan fingerprint density at radius 1 is 1.32 bits per heavy atom. The molecule has 0 saturated heterocycles. The molecule has 0 radical (unpaired) electrons. The Morgan fingerprint density at radius 2 is 2.08 bits per heavy atom. The topological polar surface area (TPSA) is 90.9 Å². The molecular weight excluding hydrogens is 363 g/mol. The van der Waals surface area contributed by atoms with Gasteiger partial charge in [-0.15, -0.1) is 24.8 Å². The van der Waals surface area contributed by atoms with E-state index in [0.29, 0.717) is 30.9 Å². The summed E-state index contributed by atoms with van der Waals surface area (Å²) in [5, 5.41) is 7.64. The molecule has 7 nitrogen and oxygen atoms in total. The number of methoxy groups -OCH3 is 1. The van der Waals surface area contributed by atoms with E-state index in [1.807, 2.05) is 23.1 Å². The predicted octanol–water partition coefficient (Wildman–Crippen LogP) is 2.50. The number of hydrogen-bond acceptors (Lipinski definition) is 6. The third-order valence-corrected chi connectivity index (χ3v) is 4.14. The number of nitrogens with one attached hydrogen (secondary N) is 1. The van der Waals surface area contributed by atoms with Gasteiger partial charge in [0.1, 0.15) is 12.4 Å². The molecule has 1 aliphatic rings. The summed E-state index contributed by atoms with van der Waals surface area (Å²) in [5.74, 6) is 1.97. The van der Waals surface area contributed by atoms with E-state index in [0.717, 1.165) is 36.5 Å². The summed E-state index contributed by atoms with van der Waals surface area (Å²) in [4.78, 5) is 9.12. The number of hydrogen-bond donors (Lipinski definition) is 2. The van der Waals surface area contributed by atoms with Gasteiger partial charge < -0.3 is 15.8 Å². The number of halogens is 2. The van der Waals surface area contributed by atoms with Crippen LogP contribution in [0.15, 0.2) is 18.5 Å². The van der Waals surface area contributed by atoms with Crippen LogP contribution in [-0.2, 0) is 24.4 Å². The minimum Gasteiger partial charge on any atom is -0.377 e. The molecule has 140 valence electrons. The maximum atomic E-state index is 5.90. The lowest BCUT2D eigenvalue weighted by molar-refractivity contribution is 0.177. The Kier molecular flexibility index (Phi) is 8.58. The molecule has 1 aliphatic carbocycles. The van der Waals surface area contributed by atoms with Crippen LogP contribution in [0.5, 0.6) is 0 Å². The summed E-state index contributed by atoms with van der Waals surface area (Å²) in [5.41, 5.74) is 8.08. The standard InChI is InChI=1S/C16H24N6O.2ClH/c1-3-22-9-11(8-19-22)7-18-15-6-14(12-4-13(17)5-12)20-16(21-15)10-23-2;;/h6,8-9,12-13H,3-5,7,10,17H2,1-2H3,(H,18,20,21);2*1H. The minimum atomic E-state index is 0. The molecular formula is C16H26Cl2N6O. The zero-order chi connectivity index (χ0) is 16.2. The second-order valence-corrected chi connectivity index (χ2v) is 6.01. The van der Waals surface area contributed by atoms with Gasteiger partial charge in [0.2, 0.25) is 0 Å². The van der Waals surface area contributed by atoms with Crippen LogP contribution in [0.1, 0.15) is 42.8 Å². The molecule has 0 atom stereocenters. The highest BCUT2D eigenvalue weighted by Crippen LogP contribution is 2.35. The number of aryl methyl sites for hydroxylation is 1. The van der Waals surface area contributed by atoms with Crippen molar-refractivity contribution in [2.45, 2.75) is 51.4 Å². The quantitative estimate of drug-likeness (QED) is 0.756. The summed E-state index contributed by atoms with van der Waals surface area (Å²) >= 11 is 0. The maximum Gasteiger partial charge on any atom is 0.156 e. The van der Waals surface area contributed by atoms with Crippen molar-refractivity contribution in [3.63, 3.8) is 0 Å². The highest BCUT2D eigenvalue weighted by molar-refractivity contribution is 5.85. The van der Waals surface area contributed by atoms with Crippen molar-refractivity contribution >= 4 is 30.6 Å². The van der Waals surface area contributed by atoms with Gasteiger partial charge in [-0.2, -0.15) is 5.10 Å². The van der Waals surface area contributed by atoms with Gasteiger partial charge in [0.25, 0.3) is 0 Å². The first-order valence-corrected chi connectivity index (χ1v) is 8.05. The fourth-order valence-electron chi connectivity index (χ4n) is 2.78. The van der Waals surface area contributed by atoms with Crippen LogP contribution in [0.25, 0.3) is 0 Å². The molecule has 9 heteroatoms. The highest BCUT2D eigenvalue weighted by Gasteiger charge is 2.29. The van der Waals surface area contributed by atoms with E-state index in [1.54, 1.807) is 7.11 Å². The largest absolute Gasteiger partial charge is 0.377 e. The van der Waals surface area contributed by atoms with Gasteiger partial charge in [-0.25, -0.2) is 9.97 Å². The van der Waals surface area contributed by atoms with Crippen LogP contribution < -0.4 is 11.1 Å². The fourth-order valence-corrected chi connectivity index (χ4v) is 2.78. The second kappa shape index (κ2) is 9.91. The Morgan fingerprint density at radius 3 is 2.68 bits per heavy atom. The van der Waals surface area contributed by atoms with E-state index >= 15 is 0 Å². The first-order valence-electron chi connectivity index (χ1n) is 8.05. The molecule has 3 rings (SSSR count). The Hall–Kier alpha value is -1.41. The molecule has 0 amide bonds. The molecule has 1 fully saturated rings. The number of ether oxygens (including phenoxy) is 1. The zero-order valence-electron chi connectivity index (χ0n) is 14.5. The Balaban J connectivity index is 0.00000156. The van der Waals surface area contributed by atoms with Gasteiger partial charge in [-0.1, -0.05) is 0 Å². The summed E-state index contributed by atoms with van der Waals surface area (Å²) < 4.78 is 7.09. The second-order valence-electron chi connectivity index (χ2n) is 6.01. The van der Waals surface area contributed by atoms with Crippen LogP contribution in [0.2, 0.25) is 0 Å². The van der Waals surface area contributed by atoms with Crippen molar-refractivity contribution in [1.29, 1.82) is 0 Å². The van der Waals surface area contributed by atoms with Crippen molar-refractivity contribution in [1.82, 2.24) is 19.7 Å². The van der Waals surface area contributed by atoms with Crippen molar-refractivity contribution in [2.24, 2.45) is 5.73 Å². The van der Waals surface area contributed by atoms with Gasteiger partial charge >= 0.3 is 0 Å². The highest BCUT2D eigenvalue weighted by atomic mass is 35.5. The number of nitrogens with zero attached hydrogens (tertiary/aromatic N) is 4.